The molecule has 0 spiro atoms. The van der Waals surface area contributed by atoms with Crippen LogP contribution in [0.1, 0.15) is 25.3 Å². The van der Waals surface area contributed by atoms with E-state index in [2.05, 4.69) is 20.3 Å². The van der Waals surface area contributed by atoms with Gasteiger partial charge in [0.1, 0.15) is 35.7 Å². The summed E-state index contributed by atoms with van der Waals surface area (Å²) < 4.78 is 43.4. The highest BCUT2D eigenvalue weighted by Gasteiger charge is 2.40. The second-order valence-electron chi connectivity index (χ2n) is 8.39. The van der Waals surface area contributed by atoms with Crippen molar-refractivity contribution < 1.29 is 18.3 Å². The highest BCUT2D eigenvalue weighted by atomic mass is 35.5. The third kappa shape index (κ3) is 5.15. The summed E-state index contributed by atoms with van der Waals surface area (Å²) in [6.07, 6.45) is 4.23. The van der Waals surface area contributed by atoms with Gasteiger partial charge in [-0.1, -0.05) is 17.7 Å². The van der Waals surface area contributed by atoms with Gasteiger partial charge in [0.2, 0.25) is 0 Å². The quantitative estimate of drug-likeness (QED) is 0.538. The standard InChI is InChI=1S/C23H25ClF3N5O/c1-15(30-17-6-8-31(9-7-17)18-3-5-20(24)22(27)11-18)23(33,12-32-14-28-13-29-32)19-4-2-16(25)10-21(19)26/h2-5,10-11,13-15,17,30,33H,6-9,12H2,1H3/t15-,23-/m1/s1. The van der Waals surface area contributed by atoms with Crippen LogP contribution in [0, 0.1) is 17.5 Å². The number of rotatable bonds is 7. The molecular weight excluding hydrogens is 455 g/mol. The van der Waals surface area contributed by atoms with Crippen LogP contribution in [0.2, 0.25) is 5.02 Å². The third-order valence-corrected chi connectivity index (χ3v) is 6.54. The van der Waals surface area contributed by atoms with Gasteiger partial charge < -0.3 is 15.3 Å². The van der Waals surface area contributed by atoms with Crippen LogP contribution in [0.5, 0.6) is 0 Å². The normalized spacial score (nSPS) is 17.7. The Kier molecular flexibility index (Phi) is 6.92. The fourth-order valence-electron chi connectivity index (χ4n) is 4.33. The molecule has 6 nitrogen and oxygen atoms in total. The molecule has 0 aliphatic carbocycles. The van der Waals surface area contributed by atoms with Crippen molar-refractivity contribution in [2.75, 3.05) is 18.0 Å². The number of hydrogen-bond acceptors (Lipinski definition) is 5. The molecule has 2 N–H and O–H groups in total. The van der Waals surface area contributed by atoms with Crippen LogP contribution < -0.4 is 10.2 Å². The van der Waals surface area contributed by atoms with Crippen LogP contribution in [0.25, 0.3) is 0 Å². The van der Waals surface area contributed by atoms with Gasteiger partial charge in [0.15, 0.2) is 0 Å². The van der Waals surface area contributed by atoms with E-state index >= 15 is 0 Å². The lowest BCUT2D eigenvalue weighted by Crippen LogP contribution is -2.55. The van der Waals surface area contributed by atoms with E-state index in [1.54, 1.807) is 19.1 Å². The highest BCUT2D eigenvalue weighted by Crippen LogP contribution is 2.31. The van der Waals surface area contributed by atoms with Crippen molar-refractivity contribution in [2.24, 2.45) is 0 Å². The van der Waals surface area contributed by atoms with E-state index in [0.717, 1.165) is 30.7 Å². The van der Waals surface area contributed by atoms with Crippen molar-refractivity contribution in [3.63, 3.8) is 0 Å². The Hall–Kier alpha value is -2.62. The minimum atomic E-state index is -1.71. The van der Waals surface area contributed by atoms with Gasteiger partial charge in [0, 0.05) is 42.5 Å². The molecule has 2 heterocycles. The molecule has 1 fully saturated rings. The first-order valence-corrected chi connectivity index (χ1v) is 11.1. The summed E-state index contributed by atoms with van der Waals surface area (Å²) in [5, 5.41) is 19.2. The maximum atomic E-state index is 14.7. The van der Waals surface area contributed by atoms with E-state index < -0.39 is 29.1 Å². The summed E-state index contributed by atoms with van der Waals surface area (Å²) in [5.74, 6) is -2.00. The average Bonchev–Trinajstić information content (AvgIpc) is 3.29. The molecule has 0 unspecified atom stereocenters. The van der Waals surface area contributed by atoms with E-state index in [4.69, 9.17) is 11.6 Å². The molecule has 0 amide bonds. The lowest BCUT2D eigenvalue weighted by atomic mass is 9.85. The molecule has 1 aliphatic rings. The summed E-state index contributed by atoms with van der Waals surface area (Å²) in [5.41, 5.74) is -0.963. The topological polar surface area (TPSA) is 66.2 Å². The zero-order valence-corrected chi connectivity index (χ0v) is 18.8. The maximum absolute atomic E-state index is 14.7. The Labute approximate surface area is 195 Å². The molecular formula is C23H25ClF3N5O. The lowest BCUT2D eigenvalue weighted by molar-refractivity contribution is -0.0242. The van der Waals surface area contributed by atoms with Crippen molar-refractivity contribution in [3.05, 3.63) is 77.1 Å². The van der Waals surface area contributed by atoms with Gasteiger partial charge in [-0.3, -0.25) is 0 Å². The molecule has 176 valence electrons. The summed E-state index contributed by atoms with van der Waals surface area (Å²) in [7, 11) is 0. The van der Waals surface area contributed by atoms with Crippen LogP contribution in [0.4, 0.5) is 18.9 Å². The monoisotopic (exact) mass is 479 g/mol. The van der Waals surface area contributed by atoms with E-state index in [-0.39, 0.29) is 23.2 Å². The first-order chi connectivity index (χ1) is 15.8. The van der Waals surface area contributed by atoms with Crippen LogP contribution in [0.3, 0.4) is 0 Å². The minimum absolute atomic E-state index is 0.0199. The largest absolute Gasteiger partial charge is 0.381 e. The molecule has 0 saturated carbocycles. The fourth-order valence-corrected chi connectivity index (χ4v) is 4.45. The number of nitrogens with one attached hydrogen (secondary N) is 1. The number of piperidine rings is 1. The number of nitrogens with zero attached hydrogens (tertiary/aromatic N) is 4. The molecule has 0 radical (unpaired) electrons. The van der Waals surface area contributed by atoms with Crippen LogP contribution in [-0.2, 0) is 12.1 Å². The summed E-state index contributed by atoms with van der Waals surface area (Å²) in [6, 6.07) is 7.35. The fraction of sp³-hybridized carbons (Fsp3) is 0.391. The predicted molar refractivity (Wildman–Crippen MR) is 120 cm³/mol. The highest BCUT2D eigenvalue weighted by molar-refractivity contribution is 6.30. The van der Waals surface area contributed by atoms with E-state index in [9.17, 15) is 18.3 Å². The molecule has 4 rings (SSSR count). The Morgan fingerprint density at radius 1 is 1.15 bits per heavy atom. The summed E-state index contributed by atoms with van der Waals surface area (Å²) in [4.78, 5) is 5.96. The number of halogens is 4. The Balaban J connectivity index is 1.48. The van der Waals surface area contributed by atoms with E-state index in [1.807, 2.05) is 0 Å². The lowest BCUT2D eigenvalue weighted by Gasteiger charge is -2.40. The number of aromatic nitrogens is 3. The van der Waals surface area contributed by atoms with Gasteiger partial charge in [0.25, 0.3) is 0 Å². The molecule has 2 atom stereocenters. The molecule has 1 saturated heterocycles. The first kappa shape index (κ1) is 23.5. The molecule has 33 heavy (non-hydrogen) atoms. The van der Waals surface area contributed by atoms with Gasteiger partial charge in [-0.05, 0) is 44.0 Å². The van der Waals surface area contributed by atoms with Crippen LogP contribution in [0.15, 0.2) is 49.1 Å². The molecule has 1 aromatic heterocycles. The second kappa shape index (κ2) is 9.70. The predicted octanol–water partition coefficient (Wildman–Crippen LogP) is 3.88. The molecule has 0 bridgehead atoms. The van der Waals surface area contributed by atoms with Crippen molar-refractivity contribution in [1.82, 2.24) is 20.1 Å². The molecule has 2 aromatic carbocycles. The van der Waals surface area contributed by atoms with Crippen molar-refractivity contribution in [1.29, 1.82) is 0 Å². The zero-order chi connectivity index (χ0) is 23.6. The minimum Gasteiger partial charge on any atom is -0.381 e. The van der Waals surface area contributed by atoms with Crippen molar-refractivity contribution in [2.45, 2.75) is 44.0 Å². The van der Waals surface area contributed by atoms with Gasteiger partial charge in [-0.15, -0.1) is 0 Å². The number of hydrogen-bond donors (Lipinski definition) is 2. The number of benzene rings is 2. The molecule has 10 heteroatoms. The van der Waals surface area contributed by atoms with E-state index in [1.165, 1.54) is 29.5 Å². The van der Waals surface area contributed by atoms with Gasteiger partial charge in [-0.25, -0.2) is 22.8 Å². The van der Waals surface area contributed by atoms with Crippen LogP contribution in [-0.4, -0.2) is 45.0 Å². The van der Waals surface area contributed by atoms with Crippen molar-refractivity contribution >= 4 is 17.3 Å². The Bertz CT molecular complexity index is 1090. The maximum Gasteiger partial charge on any atom is 0.143 e. The van der Waals surface area contributed by atoms with Crippen LogP contribution >= 0.6 is 11.6 Å². The third-order valence-electron chi connectivity index (χ3n) is 6.23. The molecule has 3 aromatic rings. The van der Waals surface area contributed by atoms with Gasteiger partial charge in [0.05, 0.1) is 11.6 Å². The molecule has 1 aliphatic heterocycles. The summed E-state index contributed by atoms with van der Waals surface area (Å²) >= 11 is 5.78. The summed E-state index contributed by atoms with van der Waals surface area (Å²) in [6.45, 7) is 3.06. The average molecular weight is 480 g/mol. The smallest absolute Gasteiger partial charge is 0.143 e. The zero-order valence-electron chi connectivity index (χ0n) is 18.1. The van der Waals surface area contributed by atoms with Crippen molar-refractivity contribution in [3.8, 4) is 0 Å². The Morgan fingerprint density at radius 2 is 1.91 bits per heavy atom. The number of anilines is 1. The SMILES string of the molecule is C[C@@H](NC1CCN(c2ccc(Cl)c(F)c2)CC1)[C@](O)(Cn1cncn1)c1ccc(F)cc1F. The van der Waals surface area contributed by atoms with Gasteiger partial charge >= 0.3 is 0 Å². The second-order valence-corrected chi connectivity index (χ2v) is 8.80. The van der Waals surface area contributed by atoms with E-state index in [0.29, 0.717) is 13.1 Å². The number of aliphatic hydroxyl groups is 1. The first-order valence-electron chi connectivity index (χ1n) is 10.7. The Morgan fingerprint density at radius 3 is 2.55 bits per heavy atom. The van der Waals surface area contributed by atoms with Gasteiger partial charge in [-0.2, -0.15) is 5.10 Å².